The second-order valence-electron chi connectivity index (χ2n) is 7.61. The molecule has 0 radical (unpaired) electrons. The number of ether oxygens (including phenoxy) is 2. The molecular formula is C26H25N3O4. The van der Waals surface area contributed by atoms with E-state index in [4.69, 9.17) is 14.5 Å². The van der Waals surface area contributed by atoms with Crippen LogP contribution in [0.3, 0.4) is 0 Å². The summed E-state index contributed by atoms with van der Waals surface area (Å²) in [6, 6.07) is 21.7. The monoisotopic (exact) mass is 443 g/mol. The second-order valence-corrected chi connectivity index (χ2v) is 7.61. The van der Waals surface area contributed by atoms with Crippen molar-refractivity contribution < 1.29 is 19.1 Å². The molecule has 1 N–H and O–H groups in total. The van der Waals surface area contributed by atoms with Gasteiger partial charge in [-0.25, -0.2) is 0 Å². The normalized spacial score (nSPS) is 15.2. The molecule has 0 saturated carbocycles. The Kier molecular flexibility index (Phi) is 6.40. The molecule has 0 fully saturated rings. The first kappa shape index (κ1) is 22.1. The number of rotatable bonds is 6. The topological polar surface area (TPSA) is 80.2 Å². The fraction of sp³-hybridized carbons (Fsp3) is 0.192. The zero-order valence-corrected chi connectivity index (χ0v) is 18.7. The maximum Gasteiger partial charge on any atom is 0.252 e. The summed E-state index contributed by atoms with van der Waals surface area (Å²) >= 11 is 0. The Morgan fingerprint density at radius 3 is 2.27 bits per heavy atom. The standard InChI is InChI=1S/C26H25N3O4/c1-17-26(31)29(16-24(30)28-19-13-20(32-2)15-21(14-19)33-3)23-12-8-7-11-22(23)25(27-17)18-9-5-4-6-10-18/h4-15,17H,16H2,1-3H3,(H,28,30). The fourth-order valence-electron chi connectivity index (χ4n) is 3.78. The highest BCUT2D eigenvalue weighted by Gasteiger charge is 2.30. The van der Waals surface area contributed by atoms with Gasteiger partial charge in [0.25, 0.3) is 5.91 Å². The Morgan fingerprint density at radius 2 is 1.61 bits per heavy atom. The third kappa shape index (κ3) is 4.72. The Balaban J connectivity index is 1.65. The average Bonchev–Trinajstić information content (AvgIpc) is 2.94. The van der Waals surface area contributed by atoms with Gasteiger partial charge in [-0.15, -0.1) is 0 Å². The number of hydrogen-bond donors (Lipinski definition) is 1. The SMILES string of the molecule is COc1cc(NC(=O)CN2C(=O)C(C)N=C(c3ccccc3)c3ccccc32)cc(OC)c1. The highest BCUT2D eigenvalue weighted by Crippen LogP contribution is 2.29. The van der Waals surface area contributed by atoms with Crippen molar-refractivity contribution in [1.82, 2.24) is 0 Å². The predicted octanol–water partition coefficient (Wildman–Crippen LogP) is 3.92. The zero-order chi connectivity index (χ0) is 23.4. The third-order valence-electron chi connectivity index (χ3n) is 5.38. The van der Waals surface area contributed by atoms with Crippen LogP contribution in [0.5, 0.6) is 11.5 Å². The number of aliphatic imine (C=N–C) groups is 1. The summed E-state index contributed by atoms with van der Waals surface area (Å²) < 4.78 is 10.5. The maximum absolute atomic E-state index is 13.3. The van der Waals surface area contributed by atoms with Crippen molar-refractivity contribution in [3.63, 3.8) is 0 Å². The van der Waals surface area contributed by atoms with Crippen LogP contribution in [0.25, 0.3) is 0 Å². The van der Waals surface area contributed by atoms with E-state index < -0.39 is 6.04 Å². The molecule has 3 aromatic carbocycles. The van der Waals surface area contributed by atoms with Crippen LogP contribution in [-0.4, -0.2) is 44.3 Å². The minimum atomic E-state index is -0.641. The van der Waals surface area contributed by atoms with Gasteiger partial charge in [-0.05, 0) is 13.0 Å². The predicted molar refractivity (Wildman–Crippen MR) is 129 cm³/mol. The summed E-state index contributed by atoms with van der Waals surface area (Å²) in [6.45, 7) is 1.59. The summed E-state index contributed by atoms with van der Waals surface area (Å²) in [5.74, 6) is 0.515. The van der Waals surface area contributed by atoms with E-state index >= 15 is 0 Å². The third-order valence-corrected chi connectivity index (χ3v) is 5.38. The molecule has 0 aliphatic carbocycles. The molecule has 168 valence electrons. The first-order valence-corrected chi connectivity index (χ1v) is 10.6. The van der Waals surface area contributed by atoms with E-state index in [-0.39, 0.29) is 18.4 Å². The molecular weight excluding hydrogens is 418 g/mol. The van der Waals surface area contributed by atoms with Crippen LogP contribution < -0.4 is 19.7 Å². The van der Waals surface area contributed by atoms with E-state index in [0.29, 0.717) is 22.9 Å². The molecule has 4 rings (SSSR count). The molecule has 7 heteroatoms. The molecule has 2 amide bonds. The van der Waals surface area contributed by atoms with Gasteiger partial charge in [0.05, 0.1) is 25.6 Å². The van der Waals surface area contributed by atoms with E-state index in [1.54, 1.807) is 39.3 Å². The van der Waals surface area contributed by atoms with Crippen molar-refractivity contribution in [2.75, 3.05) is 31.0 Å². The molecule has 0 spiro atoms. The van der Waals surface area contributed by atoms with Crippen molar-refractivity contribution in [2.45, 2.75) is 13.0 Å². The summed E-state index contributed by atoms with van der Waals surface area (Å²) in [7, 11) is 3.08. The van der Waals surface area contributed by atoms with E-state index in [1.165, 1.54) is 4.90 Å². The van der Waals surface area contributed by atoms with Crippen LogP contribution in [-0.2, 0) is 9.59 Å². The average molecular weight is 444 g/mol. The number of fused-ring (bicyclic) bond motifs is 1. The number of hydrogen-bond acceptors (Lipinski definition) is 5. The van der Waals surface area contributed by atoms with Crippen LogP contribution >= 0.6 is 0 Å². The van der Waals surface area contributed by atoms with Gasteiger partial charge in [-0.1, -0.05) is 48.5 Å². The lowest BCUT2D eigenvalue weighted by Gasteiger charge is -2.24. The van der Waals surface area contributed by atoms with Gasteiger partial charge in [0.2, 0.25) is 5.91 Å². The Bertz CT molecular complexity index is 1180. The van der Waals surface area contributed by atoms with E-state index in [0.717, 1.165) is 16.8 Å². The number of amides is 2. The lowest BCUT2D eigenvalue weighted by atomic mass is 10.0. The number of carbonyl (C=O) groups is 2. The number of carbonyl (C=O) groups excluding carboxylic acids is 2. The van der Waals surface area contributed by atoms with Gasteiger partial charge in [0.1, 0.15) is 24.1 Å². The fourth-order valence-corrected chi connectivity index (χ4v) is 3.78. The summed E-state index contributed by atoms with van der Waals surface area (Å²) in [6.07, 6.45) is 0. The minimum absolute atomic E-state index is 0.155. The summed E-state index contributed by atoms with van der Waals surface area (Å²) in [5, 5.41) is 2.84. The van der Waals surface area contributed by atoms with Crippen molar-refractivity contribution in [2.24, 2.45) is 4.99 Å². The molecule has 1 aliphatic heterocycles. The number of nitrogens with zero attached hydrogens (tertiary/aromatic N) is 2. The molecule has 1 atom stereocenters. The Hall–Kier alpha value is -4.13. The van der Waals surface area contributed by atoms with Crippen LogP contribution in [0.15, 0.2) is 77.8 Å². The van der Waals surface area contributed by atoms with Gasteiger partial charge < -0.3 is 19.7 Å². The maximum atomic E-state index is 13.3. The lowest BCUT2D eigenvalue weighted by Crippen LogP contribution is -2.42. The number of nitrogens with one attached hydrogen (secondary N) is 1. The zero-order valence-electron chi connectivity index (χ0n) is 18.7. The van der Waals surface area contributed by atoms with Crippen molar-refractivity contribution in [3.05, 3.63) is 83.9 Å². The van der Waals surface area contributed by atoms with Crippen LogP contribution in [0.4, 0.5) is 11.4 Å². The highest BCUT2D eigenvalue weighted by molar-refractivity contribution is 6.20. The molecule has 0 bridgehead atoms. The van der Waals surface area contributed by atoms with Gasteiger partial charge >= 0.3 is 0 Å². The molecule has 1 aliphatic rings. The van der Waals surface area contributed by atoms with Crippen molar-refractivity contribution in [1.29, 1.82) is 0 Å². The molecule has 1 heterocycles. The highest BCUT2D eigenvalue weighted by atomic mass is 16.5. The number of benzodiazepines with no additional fused rings is 1. The molecule has 3 aromatic rings. The van der Waals surface area contributed by atoms with E-state index in [1.807, 2.05) is 54.6 Å². The van der Waals surface area contributed by atoms with Gasteiger partial charge in [0.15, 0.2) is 0 Å². The Morgan fingerprint density at radius 1 is 0.970 bits per heavy atom. The molecule has 0 aromatic heterocycles. The number of benzene rings is 3. The first-order valence-electron chi connectivity index (χ1n) is 10.6. The summed E-state index contributed by atoms with van der Waals surface area (Å²) in [4.78, 5) is 32.5. The van der Waals surface area contributed by atoms with E-state index in [9.17, 15) is 9.59 Å². The Labute approximate surface area is 192 Å². The summed E-state index contributed by atoms with van der Waals surface area (Å²) in [5.41, 5.74) is 3.61. The molecule has 33 heavy (non-hydrogen) atoms. The largest absolute Gasteiger partial charge is 0.497 e. The molecule has 7 nitrogen and oxygen atoms in total. The second kappa shape index (κ2) is 9.56. The van der Waals surface area contributed by atoms with Crippen LogP contribution in [0.1, 0.15) is 18.1 Å². The van der Waals surface area contributed by atoms with Crippen molar-refractivity contribution >= 4 is 28.9 Å². The van der Waals surface area contributed by atoms with E-state index in [2.05, 4.69) is 5.32 Å². The number of para-hydroxylation sites is 1. The van der Waals surface area contributed by atoms with Gasteiger partial charge in [-0.2, -0.15) is 0 Å². The molecule has 0 saturated heterocycles. The lowest BCUT2D eigenvalue weighted by molar-refractivity contribution is -0.122. The number of anilines is 2. The van der Waals surface area contributed by atoms with Crippen molar-refractivity contribution in [3.8, 4) is 11.5 Å². The number of methoxy groups -OCH3 is 2. The first-order chi connectivity index (χ1) is 16.0. The smallest absolute Gasteiger partial charge is 0.252 e. The van der Waals surface area contributed by atoms with Gasteiger partial charge in [-0.3, -0.25) is 14.6 Å². The minimum Gasteiger partial charge on any atom is -0.497 e. The quantitative estimate of drug-likeness (QED) is 0.626. The van der Waals surface area contributed by atoms with Gasteiger partial charge in [0, 0.05) is 35.0 Å². The van der Waals surface area contributed by atoms with Crippen LogP contribution in [0.2, 0.25) is 0 Å². The molecule has 1 unspecified atom stereocenters. The van der Waals surface area contributed by atoms with Crippen LogP contribution in [0, 0.1) is 0 Å².